The lowest BCUT2D eigenvalue weighted by atomic mass is 10.2. The van der Waals surface area contributed by atoms with Gasteiger partial charge in [-0.3, -0.25) is 0 Å². The van der Waals surface area contributed by atoms with Crippen molar-refractivity contribution in [2.24, 2.45) is 5.18 Å². The topological polar surface area (TPSA) is 80.4 Å². The van der Waals surface area contributed by atoms with Gasteiger partial charge in [0.2, 0.25) is 0 Å². The molecule has 15 heavy (non-hydrogen) atoms. The Balaban J connectivity index is 2.55. The first-order valence-corrected chi connectivity index (χ1v) is 4.26. The fourth-order valence-corrected chi connectivity index (χ4v) is 1.28. The largest absolute Gasteiger partial charge is 0.506 e. The lowest BCUT2D eigenvalue weighted by Crippen LogP contribution is -1.99. The van der Waals surface area contributed by atoms with Crippen molar-refractivity contribution in [3.05, 3.63) is 35.3 Å². The van der Waals surface area contributed by atoms with Crippen LogP contribution in [0.2, 0.25) is 0 Å². The van der Waals surface area contributed by atoms with E-state index in [1.165, 1.54) is 23.1 Å². The van der Waals surface area contributed by atoms with Crippen LogP contribution in [-0.4, -0.2) is 19.9 Å². The van der Waals surface area contributed by atoms with Gasteiger partial charge in [-0.1, -0.05) is 0 Å². The third-order valence-electron chi connectivity index (χ3n) is 2.01. The van der Waals surface area contributed by atoms with Gasteiger partial charge in [0.05, 0.1) is 0 Å². The molecule has 0 saturated carbocycles. The highest BCUT2D eigenvalue weighted by molar-refractivity contribution is 5.54. The van der Waals surface area contributed by atoms with E-state index in [0.717, 1.165) is 0 Å². The van der Waals surface area contributed by atoms with E-state index in [2.05, 4.69) is 15.3 Å². The molecule has 6 heteroatoms. The molecule has 0 aliphatic rings. The van der Waals surface area contributed by atoms with Gasteiger partial charge >= 0.3 is 0 Å². The zero-order chi connectivity index (χ0) is 10.8. The fraction of sp³-hybridized carbons (Fsp3) is 0.111. The average Bonchev–Trinajstić information content (AvgIpc) is 2.64. The molecule has 0 atom stereocenters. The van der Waals surface area contributed by atoms with E-state index in [0.29, 0.717) is 11.5 Å². The number of hydrogen-bond acceptors (Lipinski definition) is 5. The van der Waals surface area contributed by atoms with E-state index in [-0.39, 0.29) is 11.4 Å². The first kappa shape index (κ1) is 9.32. The predicted octanol–water partition coefficient (Wildman–Crippen LogP) is 1.68. The minimum Gasteiger partial charge on any atom is -0.506 e. The van der Waals surface area contributed by atoms with E-state index in [1.54, 1.807) is 13.0 Å². The number of nitrogens with zero attached hydrogens (tertiary/aromatic N) is 4. The smallest absolute Gasteiger partial charge is 0.143 e. The molecule has 0 saturated heterocycles. The van der Waals surface area contributed by atoms with Crippen LogP contribution in [0.3, 0.4) is 0 Å². The van der Waals surface area contributed by atoms with Gasteiger partial charge in [-0.15, -0.1) is 4.91 Å². The summed E-state index contributed by atoms with van der Waals surface area (Å²) in [4.78, 5) is 14.2. The van der Waals surface area contributed by atoms with Crippen LogP contribution < -0.4 is 0 Å². The van der Waals surface area contributed by atoms with Crippen LogP contribution in [0.4, 0.5) is 5.69 Å². The van der Waals surface area contributed by atoms with Gasteiger partial charge in [0.25, 0.3) is 0 Å². The Morgan fingerprint density at radius 2 is 2.27 bits per heavy atom. The summed E-state index contributed by atoms with van der Waals surface area (Å²) in [6.07, 6.45) is 1.39. The van der Waals surface area contributed by atoms with E-state index < -0.39 is 0 Å². The summed E-state index contributed by atoms with van der Waals surface area (Å²) >= 11 is 0. The molecule has 0 aliphatic heterocycles. The Morgan fingerprint density at radius 3 is 2.80 bits per heavy atom. The molecule has 1 N–H and O–H groups in total. The number of benzene rings is 1. The summed E-state index contributed by atoms with van der Waals surface area (Å²) in [7, 11) is 0. The molecule has 0 unspecified atom stereocenters. The molecule has 0 spiro atoms. The SMILES string of the molecule is Cc1ncnn1-c1ccc(N=O)cc1O. The van der Waals surface area contributed by atoms with Gasteiger partial charge in [0, 0.05) is 6.07 Å². The van der Waals surface area contributed by atoms with Crippen LogP contribution in [0, 0.1) is 11.8 Å². The Hall–Kier alpha value is -2.24. The minimum absolute atomic E-state index is 0.0549. The maximum Gasteiger partial charge on any atom is 0.143 e. The minimum atomic E-state index is -0.0549. The number of aryl methyl sites for hydroxylation is 1. The molecule has 6 nitrogen and oxygen atoms in total. The molecule has 1 heterocycles. The number of aromatic nitrogens is 3. The summed E-state index contributed by atoms with van der Waals surface area (Å²) in [6.45, 7) is 1.76. The van der Waals surface area contributed by atoms with Crippen molar-refractivity contribution in [1.82, 2.24) is 14.8 Å². The van der Waals surface area contributed by atoms with Crippen LogP contribution >= 0.6 is 0 Å². The van der Waals surface area contributed by atoms with Crippen molar-refractivity contribution in [3.8, 4) is 11.4 Å². The quantitative estimate of drug-likeness (QED) is 0.754. The van der Waals surface area contributed by atoms with E-state index >= 15 is 0 Å². The number of aromatic hydroxyl groups is 1. The Bertz CT molecular complexity index is 507. The second kappa shape index (κ2) is 3.49. The number of nitroso groups, excluding NO2 is 1. The summed E-state index contributed by atoms with van der Waals surface area (Å²) in [5.74, 6) is 0.595. The van der Waals surface area contributed by atoms with Gasteiger partial charge in [-0.2, -0.15) is 5.10 Å². The summed E-state index contributed by atoms with van der Waals surface area (Å²) in [6, 6.07) is 4.35. The molecule has 1 aromatic heterocycles. The molecule has 0 aliphatic carbocycles. The van der Waals surface area contributed by atoms with Crippen LogP contribution in [0.15, 0.2) is 29.7 Å². The molecule has 0 fully saturated rings. The molecule has 2 aromatic rings. The highest BCUT2D eigenvalue weighted by Gasteiger charge is 2.08. The maximum atomic E-state index is 10.2. The van der Waals surface area contributed by atoms with Crippen molar-refractivity contribution in [1.29, 1.82) is 0 Å². The molecular weight excluding hydrogens is 196 g/mol. The summed E-state index contributed by atoms with van der Waals surface area (Å²) in [5.41, 5.74) is 0.645. The highest BCUT2D eigenvalue weighted by atomic mass is 16.3. The third kappa shape index (κ3) is 1.56. The Morgan fingerprint density at radius 1 is 1.47 bits per heavy atom. The first-order valence-electron chi connectivity index (χ1n) is 4.26. The van der Waals surface area contributed by atoms with Gasteiger partial charge in [0.1, 0.15) is 29.3 Å². The van der Waals surface area contributed by atoms with Crippen LogP contribution in [-0.2, 0) is 0 Å². The normalized spacial score (nSPS) is 10.2. The monoisotopic (exact) mass is 204 g/mol. The average molecular weight is 204 g/mol. The lowest BCUT2D eigenvalue weighted by molar-refractivity contribution is 0.470. The lowest BCUT2D eigenvalue weighted by Gasteiger charge is -2.05. The van der Waals surface area contributed by atoms with Crippen LogP contribution in [0.1, 0.15) is 5.82 Å². The molecule has 1 aromatic carbocycles. The zero-order valence-electron chi connectivity index (χ0n) is 7.95. The number of phenolic OH excluding ortho intramolecular Hbond substituents is 1. The van der Waals surface area contributed by atoms with Crippen LogP contribution in [0.5, 0.6) is 5.75 Å². The number of rotatable bonds is 2. The van der Waals surface area contributed by atoms with Gasteiger partial charge in [-0.05, 0) is 24.2 Å². The standard InChI is InChI=1S/C9H8N4O2/c1-6-10-5-11-13(6)8-3-2-7(12-15)4-9(8)14/h2-5,14H,1H3. The van der Waals surface area contributed by atoms with Gasteiger partial charge in [-0.25, -0.2) is 9.67 Å². The molecule has 2 rings (SSSR count). The third-order valence-corrected chi connectivity index (χ3v) is 2.01. The van der Waals surface area contributed by atoms with Crippen molar-refractivity contribution < 1.29 is 5.11 Å². The van der Waals surface area contributed by atoms with E-state index in [9.17, 15) is 10.0 Å². The molecular formula is C9H8N4O2. The summed E-state index contributed by atoms with van der Waals surface area (Å²) < 4.78 is 1.48. The van der Waals surface area contributed by atoms with E-state index in [1.807, 2.05) is 0 Å². The van der Waals surface area contributed by atoms with Crippen molar-refractivity contribution in [2.75, 3.05) is 0 Å². The predicted molar refractivity (Wildman–Crippen MR) is 53.2 cm³/mol. The summed E-state index contributed by atoms with van der Waals surface area (Å²) in [5, 5.41) is 16.3. The Kier molecular flexibility index (Phi) is 2.17. The Labute approximate surface area is 85.2 Å². The number of hydrogen-bond donors (Lipinski definition) is 1. The van der Waals surface area contributed by atoms with Gasteiger partial charge in [0.15, 0.2) is 0 Å². The van der Waals surface area contributed by atoms with Crippen molar-refractivity contribution in [2.45, 2.75) is 6.92 Å². The molecule has 0 amide bonds. The second-order valence-electron chi connectivity index (χ2n) is 2.98. The zero-order valence-corrected chi connectivity index (χ0v) is 7.95. The van der Waals surface area contributed by atoms with Gasteiger partial charge < -0.3 is 5.11 Å². The maximum absolute atomic E-state index is 10.2. The molecule has 0 bridgehead atoms. The number of phenols is 1. The second-order valence-corrected chi connectivity index (χ2v) is 2.98. The van der Waals surface area contributed by atoms with E-state index in [4.69, 9.17) is 0 Å². The highest BCUT2D eigenvalue weighted by Crippen LogP contribution is 2.26. The van der Waals surface area contributed by atoms with Crippen molar-refractivity contribution >= 4 is 5.69 Å². The van der Waals surface area contributed by atoms with Crippen molar-refractivity contribution in [3.63, 3.8) is 0 Å². The molecule has 0 radical (unpaired) electrons. The molecule has 76 valence electrons. The first-order chi connectivity index (χ1) is 7.22. The van der Waals surface area contributed by atoms with Crippen LogP contribution in [0.25, 0.3) is 5.69 Å². The fourth-order valence-electron chi connectivity index (χ4n) is 1.28.